The topological polar surface area (TPSA) is 118 Å². The number of carbonyl (C=O) groups excluding carboxylic acids is 1. The number of hydrazone groups is 1. The van der Waals surface area contributed by atoms with Crippen molar-refractivity contribution in [3.05, 3.63) is 75.5 Å². The number of rotatable bonds is 6. The molecular weight excluding hydrogens is 398 g/mol. The molecule has 0 aliphatic carbocycles. The average molecular weight is 419 g/mol. The van der Waals surface area contributed by atoms with Crippen molar-refractivity contribution in [3.63, 3.8) is 0 Å². The van der Waals surface area contributed by atoms with Gasteiger partial charge in [0.2, 0.25) is 0 Å². The highest BCUT2D eigenvalue weighted by molar-refractivity contribution is 6.01. The molecule has 1 aliphatic heterocycles. The number of furan rings is 2. The summed E-state index contributed by atoms with van der Waals surface area (Å²) in [6, 6.07) is 8.55. The number of amides is 1. The van der Waals surface area contributed by atoms with E-state index in [1.165, 1.54) is 11.3 Å². The molecule has 0 aromatic carbocycles. The van der Waals surface area contributed by atoms with Gasteiger partial charge in [-0.1, -0.05) is 13.8 Å². The normalized spacial score (nSPS) is 15.7. The molecule has 0 saturated heterocycles. The lowest BCUT2D eigenvalue weighted by atomic mass is 10.0. The number of aromatic nitrogens is 2. The van der Waals surface area contributed by atoms with Gasteiger partial charge in [0.25, 0.3) is 11.5 Å². The summed E-state index contributed by atoms with van der Waals surface area (Å²) >= 11 is 0. The lowest BCUT2D eigenvalue weighted by molar-refractivity contribution is -0.134. The molecule has 9 heteroatoms. The summed E-state index contributed by atoms with van der Waals surface area (Å²) in [6.45, 7) is 3.43. The molecule has 1 atom stereocenters. The summed E-state index contributed by atoms with van der Waals surface area (Å²) < 4.78 is 12.0. The van der Waals surface area contributed by atoms with Crippen LogP contribution >= 0.6 is 0 Å². The number of aryl methyl sites for hydroxylation is 1. The molecule has 3 aromatic heterocycles. The fourth-order valence-corrected chi connectivity index (χ4v) is 3.78. The molecule has 158 valence electrons. The van der Waals surface area contributed by atoms with Crippen molar-refractivity contribution < 1.29 is 13.6 Å². The third-order valence-electron chi connectivity index (χ3n) is 5.27. The van der Waals surface area contributed by atoms with E-state index in [2.05, 4.69) is 10.2 Å². The predicted octanol–water partition coefficient (Wildman–Crippen LogP) is 2.80. The van der Waals surface area contributed by atoms with Crippen LogP contribution in [0.3, 0.4) is 0 Å². The van der Waals surface area contributed by atoms with Gasteiger partial charge in [0.15, 0.2) is 0 Å². The standard InChI is InChI=1S/C22H21N5O4/c1-3-14-15(12-23)22(29)26(24-16(14)4-2)13-21(28)27-18(20-8-6-10-31-20)11-17(25-27)19-7-5-9-30-19/h5-10,18H,3-4,11,13H2,1-2H3. The zero-order valence-corrected chi connectivity index (χ0v) is 17.2. The quantitative estimate of drug-likeness (QED) is 0.606. The zero-order chi connectivity index (χ0) is 22.0. The first-order valence-corrected chi connectivity index (χ1v) is 10.1. The predicted molar refractivity (Wildman–Crippen MR) is 110 cm³/mol. The number of hydrogen-bond acceptors (Lipinski definition) is 7. The Morgan fingerprint density at radius 1 is 1.23 bits per heavy atom. The molecule has 31 heavy (non-hydrogen) atoms. The van der Waals surface area contributed by atoms with E-state index in [9.17, 15) is 14.9 Å². The van der Waals surface area contributed by atoms with Crippen molar-refractivity contribution in [2.45, 2.75) is 45.7 Å². The fourth-order valence-electron chi connectivity index (χ4n) is 3.78. The lowest BCUT2D eigenvalue weighted by Gasteiger charge is -2.20. The molecule has 9 nitrogen and oxygen atoms in total. The summed E-state index contributed by atoms with van der Waals surface area (Å²) in [5, 5.41) is 19.6. The van der Waals surface area contributed by atoms with Gasteiger partial charge in [0.1, 0.15) is 41.5 Å². The van der Waals surface area contributed by atoms with Crippen molar-refractivity contribution in [2.75, 3.05) is 0 Å². The number of nitriles is 1. The molecule has 0 radical (unpaired) electrons. The van der Waals surface area contributed by atoms with E-state index in [1.54, 1.807) is 30.5 Å². The second-order valence-electron chi connectivity index (χ2n) is 7.08. The molecule has 1 amide bonds. The summed E-state index contributed by atoms with van der Waals surface area (Å²) in [4.78, 5) is 26.0. The van der Waals surface area contributed by atoms with Gasteiger partial charge in [-0.25, -0.2) is 9.69 Å². The third kappa shape index (κ3) is 3.68. The van der Waals surface area contributed by atoms with Crippen LogP contribution in [0.4, 0.5) is 0 Å². The van der Waals surface area contributed by atoms with Crippen LogP contribution in [-0.2, 0) is 24.2 Å². The smallest absolute Gasteiger partial charge is 0.285 e. The zero-order valence-electron chi connectivity index (χ0n) is 17.2. The van der Waals surface area contributed by atoms with Crippen molar-refractivity contribution in [3.8, 4) is 6.07 Å². The lowest BCUT2D eigenvalue weighted by Crippen LogP contribution is -2.36. The third-order valence-corrected chi connectivity index (χ3v) is 5.27. The Labute approximate surface area is 178 Å². The van der Waals surface area contributed by atoms with Gasteiger partial charge in [0.05, 0.1) is 18.2 Å². The van der Waals surface area contributed by atoms with Crippen LogP contribution in [0, 0.1) is 11.3 Å². The van der Waals surface area contributed by atoms with E-state index in [0.717, 1.165) is 4.68 Å². The van der Waals surface area contributed by atoms with Gasteiger partial charge in [0, 0.05) is 6.42 Å². The molecular formula is C22H21N5O4. The van der Waals surface area contributed by atoms with E-state index in [0.29, 0.717) is 47.8 Å². The first kappa shape index (κ1) is 20.3. The van der Waals surface area contributed by atoms with Crippen molar-refractivity contribution in [1.29, 1.82) is 5.26 Å². The highest BCUT2D eigenvalue weighted by Crippen LogP contribution is 2.33. The Morgan fingerprint density at radius 3 is 2.61 bits per heavy atom. The van der Waals surface area contributed by atoms with Crippen LogP contribution < -0.4 is 5.56 Å². The maximum absolute atomic E-state index is 13.2. The number of nitrogens with zero attached hydrogens (tertiary/aromatic N) is 5. The Balaban J connectivity index is 1.69. The van der Waals surface area contributed by atoms with Gasteiger partial charge in [-0.15, -0.1) is 0 Å². The van der Waals surface area contributed by atoms with Crippen LogP contribution in [0.1, 0.15) is 54.7 Å². The second kappa shape index (κ2) is 8.44. The van der Waals surface area contributed by atoms with Crippen LogP contribution in [0.15, 0.2) is 55.5 Å². The van der Waals surface area contributed by atoms with E-state index < -0.39 is 17.5 Å². The number of carbonyl (C=O) groups is 1. The molecule has 0 N–H and O–H groups in total. The maximum atomic E-state index is 13.2. The van der Waals surface area contributed by atoms with Crippen molar-refractivity contribution >= 4 is 11.6 Å². The minimum absolute atomic E-state index is 0.0333. The SMILES string of the molecule is CCc1nn(CC(=O)N2N=C(c3ccco3)CC2c2ccco2)c(=O)c(C#N)c1CC. The molecule has 4 rings (SSSR count). The van der Waals surface area contributed by atoms with Crippen molar-refractivity contribution in [1.82, 2.24) is 14.8 Å². The highest BCUT2D eigenvalue weighted by atomic mass is 16.3. The van der Waals surface area contributed by atoms with Crippen molar-refractivity contribution in [2.24, 2.45) is 5.10 Å². The van der Waals surface area contributed by atoms with Gasteiger partial charge in [-0.2, -0.15) is 15.5 Å². The van der Waals surface area contributed by atoms with E-state index >= 15 is 0 Å². The first-order chi connectivity index (χ1) is 15.1. The summed E-state index contributed by atoms with van der Waals surface area (Å²) in [5.74, 6) is 0.703. The Bertz CT molecular complexity index is 1220. The fraction of sp³-hybridized carbons (Fsp3) is 0.318. The minimum atomic E-state index is -0.575. The van der Waals surface area contributed by atoms with E-state index in [-0.39, 0.29) is 12.1 Å². The first-order valence-electron chi connectivity index (χ1n) is 10.1. The van der Waals surface area contributed by atoms with Crippen LogP contribution in [0.2, 0.25) is 0 Å². The monoisotopic (exact) mass is 419 g/mol. The average Bonchev–Trinajstić information content (AvgIpc) is 3.55. The van der Waals surface area contributed by atoms with Crippen LogP contribution in [0.5, 0.6) is 0 Å². The Hall–Kier alpha value is -3.93. The minimum Gasteiger partial charge on any atom is -0.467 e. The molecule has 4 heterocycles. The molecule has 1 aliphatic rings. The summed E-state index contributed by atoms with van der Waals surface area (Å²) in [7, 11) is 0. The molecule has 0 saturated carbocycles. The van der Waals surface area contributed by atoms with Gasteiger partial charge in [-0.3, -0.25) is 9.59 Å². The van der Waals surface area contributed by atoms with Gasteiger partial charge >= 0.3 is 0 Å². The molecule has 0 fully saturated rings. The Kier molecular flexibility index (Phi) is 5.54. The van der Waals surface area contributed by atoms with E-state index in [1.807, 2.05) is 19.9 Å². The molecule has 3 aromatic rings. The molecule has 0 bridgehead atoms. The second-order valence-corrected chi connectivity index (χ2v) is 7.08. The van der Waals surface area contributed by atoms with Crippen LogP contribution in [-0.4, -0.2) is 26.4 Å². The summed E-state index contributed by atoms with van der Waals surface area (Å²) in [5.41, 5.74) is 1.33. The van der Waals surface area contributed by atoms with Gasteiger partial charge in [-0.05, 0) is 42.7 Å². The highest BCUT2D eigenvalue weighted by Gasteiger charge is 2.36. The largest absolute Gasteiger partial charge is 0.467 e. The molecule has 0 spiro atoms. The van der Waals surface area contributed by atoms with E-state index in [4.69, 9.17) is 8.83 Å². The van der Waals surface area contributed by atoms with Gasteiger partial charge < -0.3 is 8.83 Å². The van der Waals surface area contributed by atoms with Crippen LogP contribution in [0.25, 0.3) is 0 Å². The maximum Gasteiger partial charge on any atom is 0.285 e. The Morgan fingerprint density at radius 2 is 2.00 bits per heavy atom. The molecule has 1 unspecified atom stereocenters. The summed E-state index contributed by atoms with van der Waals surface area (Å²) in [6.07, 6.45) is 4.55. The number of hydrogen-bond donors (Lipinski definition) is 0.